The largest absolute Gasteiger partial charge is 0.497 e. The van der Waals surface area contributed by atoms with E-state index >= 15 is 0 Å². The molecular weight excluding hydrogens is 294 g/mol. The number of nitrogens with two attached hydrogens (primary N) is 4. The van der Waals surface area contributed by atoms with E-state index in [2.05, 4.69) is 15.0 Å². The highest BCUT2D eigenvalue weighted by molar-refractivity contribution is 5.85. The van der Waals surface area contributed by atoms with E-state index in [-0.39, 0.29) is 11.9 Å². The first kappa shape index (κ1) is 16.1. The molecule has 0 aliphatic rings. The molecule has 8 nitrogen and oxygen atoms in total. The lowest BCUT2D eigenvalue weighted by Gasteiger charge is -2.11. The van der Waals surface area contributed by atoms with E-state index < -0.39 is 0 Å². The Kier molecular flexibility index (Phi) is 4.65. The van der Waals surface area contributed by atoms with Gasteiger partial charge in [-0.15, -0.1) is 0 Å². The zero-order valence-electron chi connectivity index (χ0n) is 12.9. The number of aliphatic imine (C=N–C) groups is 2. The highest BCUT2D eigenvalue weighted by Crippen LogP contribution is 2.35. The molecule has 0 fully saturated rings. The molecule has 8 heteroatoms. The van der Waals surface area contributed by atoms with Crippen LogP contribution in [0.3, 0.4) is 0 Å². The van der Waals surface area contributed by atoms with E-state index in [0.717, 1.165) is 11.1 Å². The molecule has 0 saturated heterocycles. The smallest absolute Gasteiger partial charge is 0.191 e. The van der Waals surface area contributed by atoms with Gasteiger partial charge in [0.15, 0.2) is 11.9 Å². The number of hydrogen-bond acceptors (Lipinski definition) is 4. The summed E-state index contributed by atoms with van der Waals surface area (Å²) in [5, 5.41) is 0. The van der Waals surface area contributed by atoms with Crippen LogP contribution in [0.1, 0.15) is 5.56 Å². The van der Waals surface area contributed by atoms with E-state index in [4.69, 9.17) is 27.7 Å². The van der Waals surface area contributed by atoms with Crippen molar-refractivity contribution in [3.8, 4) is 17.0 Å². The first-order valence-corrected chi connectivity index (χ1v) is 6.75. The van der Waals surface area contributed by atoms with Crippen molar-refractivity contribution in [1.82, 2.24) is 4.98 Å². The lowest BCUT2D eigenvalue weighted by molar-refractivity contribution is 0.414. The predicted octanol–water partition coefficient (Wildman–Crippen LogP) is 0.875. The van der Waals surface area contributed by atoms with Crippen LogP contribution in [0, 0.1) is 6.92 Å². The number of pyridine rings is 1. The predicted molar refractivity (Wildman–Crippen MR) is 91.9 cm³/mol. The van der Waals surface area contributed by atoms with Gasteiger partial charge in [0.05, 0.1) is 24.2 Å². The SMILES string of the molecule is COc1ccnc(-c2cc(N=C(N)N)cc(N=C(N)N)c2C)c1. The first-order chi connectivity index (χ1) is 10.9. The molecule has 0 aliphatic heterocycles. The maximum Gasteiger partial charge on any atom is 0.191 e. The molecular formula is C15H19N7O. The van der Waals surface area contributed by atoms with Gasteiger partial charge >= 0.3 is 0 Å². The maximum absolute atomic E-state index is 5.49. The van der Waals surface area contributed by atoms with E-state index in [1.54, 1.807) is 31.5 Å². The van der Waals surface area contributed by atoms with E-state index in [9.17, 15) is 0 Å². The summed E-state index contributed by atoms with van der Waals surface area (Å²) < 4.78 is 5.23. The van der Waals surface area contributed by atoms with Crippen LogP contribution in [0.25, 0.3) is 11.3 Å². The number of nitrogens with zero attached hydrogens (tertiary/aromatic N) is 3. The number of methoxy groups -OCH3 is 1. The van der Waals surface area contributed by atoms with Gasteiger partial charge in [0.25, 0.3) is 0 Å². The van der Waals surface area contributed by atoms with Crippen molar-refractivity contribution >= 4 is 23.3 Å². The minimum atomic E-state index is -0.0611. The van der Waals surface area contributed by atoms with Crippen LogP contribution in [0.15, 0.2) is 40.4 Å². The number of aromatic nitrogens is 1. The first-order valence-electron chi connectivity index (χ1n) is 6.75. The van der Waals surface area contributed by atoms with E-state index in [1.165, 1.54) is 0 Å². The minimum Gasteiger partial charge on any atom is -0.497 e. The molecule has 0 spiro atoms. The molecule has 2 aromatic rings. The second-order valence-electron chi connectivity index (χ2n) is 4.79. The standard InChI is InChI=1S/C15H19N7O/c1-8-11(13-7-10(23-2)3-4-20-13)5-9(21-14(16)17)6-12(8)22-15(18)19/h3-7H,1-2H3,(H4,16,17,21)(H4,18,19,22). The third kappa shape index (κ3) is 3.88. The zero-order valence-corrected chi connectivity index (χ0v) is 12.9. The summed E-state index contributed by atoms with van der Waals surface area (Å²) in [5.74, 6) is 0.568. The number of hydrogen-bond donors (Lipinski definition) is 4. The Balaban J connectivity index is 2.70. The summed E-state index contributed by atoms with van der Waals surface area (Å²) in [6.07, 6.45) is 1.65. The Hall–Kier alpha value is -3.29. The van der Waals surface area contributed by atoms with Gasteiger partial charge in [-0.1, -0.05) is 0 Å². The van der Waals surface area contributed by atoms with Gasteiger partial charge in [-0.25, -0.2) is 9.98 Å². The van der Waals surface area contributed by atoms with Crippen LogP contribution in [-0.2, 0) is 0 Å². The Morgan fingerprint density at radius 2 is 1.74 bits per heavy atom. The fourth-order valence-electron chi connectivity index (χ4n) is 2.10. The fourth-order valence-corrected chi connectivity index (χ4v) is 2.10. The van der Waals surface area contributed by atoms with Crippen LogP contribution >= 0.6 is 0 Å². The molecule has 0 atom stereocenters. The molecule has 0 aliphatic carbocycles. The van der Waals surface area contributed by atoms with Crippen molar-refractivity contribution in [2.24, 2.45) is 32.9 Å². The number of rotatable bonds is 4. The summed E-state index contributed by atoms with van der Waals surface area (Å²) in [5.41, 5.74) is 25.3. The highest BCUT2D eigenvalue weighted by Gasteiger charge is 2.11. The molecule has 1 aromatic heterocycles. The highest BCUT2D eigenvalue weighted by atomic mass is 16.5. The summed E-state index contributed by atoms with van der Waals surface area (Å²) in [6.45, 7) is 1.89. The van der Waals surface area contributed by atoms with E-state index in [0.29, 0.717) is 22.8 Å². The summed E-state index contributed by atoms with van der Waals surface area (Å²) >= 11 is 0. The van der Waals surface area contributed by atoms with Crippen LogP contribution in [-0.4, -0.2) is 24.0 Å². The van der Waals surface area contributed by atoms with Crippen LogP contribution in [0.5, 0.6) is 5.75 Å². The van der Waals surface area contributed by atoms with Gasteiger partial charge in [-0.3, -0.25) is 4.98 Å². The Bertz CT molecular complexity index is 775. The Morgan fingerprint density at radius 1 is 1.04 bits per heavy atom. The van der Waals surface area contributed by atoms with Gasteiger partial charge in [0, 0.05) is 17.8 Å². The normalized spacial score (nSPS) is 10.0. The van der Waals surface area contributed by atoms with Crippen molar-refractivity contribution in [3.05, 3.63) is 36.0 Å². The average molecular weight is 313 g/mol. The maximum atomic E-state index is 5.49. The van der Waals surface area contributed by atoms with Gasteiger partial charge in [0.1, 0.15) is 5.75 Å². The van der Waals surface area contributed by atoms with Gasteiger partial charge in [-0.2, -0.15) is 0 Å². The summed E-state index contributed by atoms with van der Waals surface area (Å²) in [7, 11) is 1.59. The summed E-state index contributed by atoms with van der Waals surface area (Å²) in [4.78, 5) is 12.5. The van der Waals surface area contributed by atoms with Gasteiger partial charge in [-0.05, 0) is 30.7 Å². The van der Waals surface area contributed by atoms with Crippen molar-refractivity contribution in [3.63, 3.8) is 0 Å². The molecule has 23 heavy (non-hydrogen) atoms. The van der Waals surface area contributed by atoms with Crippen molar-refractivity contribution in [2.45, 2.75) is 6.92 Å². The Morgan fingerprint density at radius 3 is 2.35 bits per heavy atom. The molecule has 2 rings (SSSR count). The zero-order chi connectivity index (χ0) is 17.0. The quantitative estimate of drug-likeness (QED) is 0.485. The number of ether oxygens (including phenoxy) is 1. The summed E-state index contributed by atoms with van der Waals surface area (Å²) in [6, 6.07) is 7.07. The lowest BCUT2D eigenvalue weighted by Crippen LogP contribution is -2.22. The van der Waals surface area contributed by atoms with Crippen LogP contribution < -0.4 is 27.7 Å². The van der Waals surface area contributed by atoms with Gasteiger partial charge < -0.3 is 27.7 Å². The monoisotopic (exact) mass is 313 g/mol. The third-order valence-electron chi connectivity index (χ3n) is 3.12. The molecule has 8 N–H and O–H groups in total. The van der Waals surface area contributed by atoms with Crippen molar-refractivity contribution in [2.75, 3.05) is 7.11 Å². The lowest BCUT2D eigenvalue weighted by atomic mass is 10.0. The van der Waals surface area contributed by atoms with Crippen LogP contribution in [0.4, 0.5) is 11.4 Å². The third-order valence-corrected chi connectivity index (χ3v) is 3.12. The molecule has 0 radical (unpaired) electrons. The number of benzene rings is 1. The molecule has 0 amide bonds. The van der Waals surface area contributed by atoms with Crippen LogP contribution in [0.2, 0.25) is 0 Å². The fraction of sp³-hybridized carbons (Fsp3) is 0.133. The molecule has 120 valence electrons. The molecule has 0 saturated carbocycles. The molecule has 1 heterocycles. The number of guanidine groups is 2. The van der Waals surface area contributed by atoms with Crippen molar-refractivity contribution < 1.29 is 4.74 Å². The minimum absolute atomic E-state index is 0.0560. The molecule has 0 unspecified atom stereocenters. The second-order valence-corrected chi connectivity index (χ2v) is 4.79. The average Bonchev–Trinajstić information content (AvgIpc) is 2.49. The second kappa shape index (κ2) is 6.65. The van der Waals surface area contributed by atoms with Gasteiger partial charge in [0.2, 0.25) is 0 Å². The Labute approximate surface area is 133 Å². The topological polar surface area (TPSA) is 151 Å². The molecule has 0 bridgehead atoms. The molecule has 1 aromatic carbocycles. The van der Waals surface area contributed by atoms with Crippen molar-refractivity contribution in [1.29, 1.82) is 0 Å². The van der Waals surface area contributed by atoms with E-state index in [1.807, 2.05) is 13.0 Å².